The summed E-state index contributed by atoms with van der Waals surface area (Å²) in [4.78, 5) is 10.9. The molecule has 1 heterocycles. The molecule has 5 nitrogen and oxygen atoms in total. The minimum Gasteiger partial charge on any atom is -0.494 e. The second-order valence-corrected chi connectivity index (χ2v) is 4.14. The number of carboxylic acids is 1. The fraction of sp³-hybridized carbons (Fsp3) is 0.167. The van der Waals surface area contributed by atoms with Crippen LogP contribution in [0.15, 0.2) is 24.3 Å². The van der Waals surface area contributed by atoms with E-state index in [1.807, 2.05) is 0 Å². The van der Waals surface area contributed by atoms with Gasteiger partial charge in [0, 0.05) is 10.7 Å². The highest BCUT2D eigenvalue weighted by molar-refractivity contribution is 6.30. The fourth-order valence-electron chi connectivity index (χ4n) is 1.65. The molecule has 0 saturated heterocycles. The zero-order chi connectivity index (χ0) is 13.3. The van der Waals surface area contributed by atoms with Gasteiger partial charge in [-0.2, -0.15) is 5.10 Å². The minimum atomic E-state index is -1.07. The van der Waals surface area contributed by atoms with Gasteiger partial charge in [-0.1, -0.05) is 11.6 Å². The molecule has 6 heteroatoms. The van der Waals surface area contributed by atoms with Crippen molar-refractivity contribution in [3.8, 4) is 11.4 Å². The summed E-state index contributed by atoms with van der Waals surface area (Å²) in [5.74, 6) is -0.500. The molecule has 0 atom stereocenters. The van der Waals surface area contributed by atoms with E-state index in [1.54, 1.807) is 25.1 Å². The zero-order valence-electron chi connectivity index (χ0n) is 9.85. The molecule has 2 rings (SSSR count). The highest BCUT2D eigenvalue weighted by atomic mass is 35.5. The molecule has 0 amide bonds. The summed E-state index contributed by atoms with van der Waals surface area (Å²) in [6.07, 6.45) is 0. The Kier molecular flexibility index (Phi) is 3.25. The van der Waals surface area contributed by atoms with E-state index in [1.165, 1.54) is 17.9 Å². The van der Waals surface area contributed by atoms with Gasteiger partial charge in [0.1, 0.15) is 11.4 Å². The summed E-state index contributed by atoms with van der Waals surface area (Å²) >= 11 is 5.93. The number of aryl methyl sites for hydroxylation is 1. The highest BCUT2D eigenvalue weighted by Crippen LogP contribution is 2.27. The lowest BCUT2D eigenvalue weighted by atomic mass is 10.3. The Balaban J connectivity index is 2.60. The minimum absolute atomic E-state index is 0.0190. The van der Waals surface area contributed by atoms with E-state index in [-0.39, 0.29) is 5.69 Å². The number of nitrogens with zero attached hydrogens (tertiary/aromatic N) is 2. The summed E-state index contributed by atoms with van der Waals surface area (Å²) in [7, 11) is 1.53. The van der Waals surface area contributed by atoms with Crippen molar-refractivity contribution in [1.29, 1.82) is 0 Å². The Morgan fingerprint density at radius 3 is 2.72 bits per heavy atom. The fourth-order valence-corrected chi connectivity index (χ4v) is 1.82. The van der Waals surface area contributed by atoms with Gasteiger partial charge in [-0.25, -0.2) is 9.48 Å². The average molecular weight is 267 g/mol. The predicted molar refractivity (Wildman–Crippen MR) is 66.8 cm³/mol. The van der Waals surface area contributed by atoms with Crippen molar-refractivity contribution in [3.05, 3.63) is 40.7 Å². The summed E-state index contributed by atoms with van der Waals surface area (Å²) in [5, 5.41) is 13.5. The van der Waals surface area contributed by atoms with Crippen LogP contribution < -0.4 is 4.74 Å². The second-order valence-electron chi connectivity index (χ2n) is 3.70. The van der Waals surface area contributed by atoms with Gasteiger partial charge in [-0.3, -0.25) is 0 Å². The average Bonchev–Trinajstić information content (AvgIpc) is 2.71. The number of ether oxygens (including phenoxy) is 1. The number of halogens is 1. The molecule has 0 fully saturated rings. The monoisotopic (exact) mass is 266 g/mol. The number of methoxy groups -OCH3 is 1. The molecule has 0 bridgehead atoms. The number of aromatic carboxylic acids is 1. The van der Waals surface area contributed by atoms with Crippen LogP contribution in [0.25, 0.3) is 5.69 Å². The van der Waals surface area contributed by atoms with Crippen LogP contribution in [0.4, 0.5) is 0 Å². The van der Waals surface area contributed by atoms with Gasteiger partial charge >= 0.3 is 5.97 Å². The van der Waals surface area contributed by atoms with Crippen molar-refractivity contribution in [1.82, 2.24) is 9.78 Å². The summed E-state index contributed by atoms with van der Waals surface area (Å²) in [6, 6.07) is 6.56. The first-order valence-corrected chi connectivity index (χ1v) is 5.54. The maximum absolute atomic E-state index is 10.9. The molecule has 0 unspecified atom stereocenters. The molecule has 0 saturated carbocycles. The van der Waals surface area contributed by atoms with E-state index in [2.05, 4.69) is 5.10 Å². The first-order chi connectivity index (χ1) is 8.52. The Morgan fingerprint density at radius 2 is 2.17 bits per heavy atom. The zero-order valence-corrected chi connectivity index (χ0v) is 10.6. The molecule has 2 aromatic rings. The van der Waals surface area contributed by atoms with E-state index >= 15 is 0 Å². The van der Waals surface area contributed by atoms with Crippen molar-refractivity contribution in [2.24, 2.45) is 0 Å². The van der Waals surface area contributed by atoms with Crippen molar-refractivity contribution >= 4 is 17.6 Å². The normalized spacial score (nSPS) is 10.4. The van der Waals surface area contributed by atoms with Gasteiger partial charge in [0.05, 0.1) is 7.11 Å². The Labute approximate surface area is 109 Å². The van der Waals surface area contributed by atoms with Crippen LogP contribution in [0.3, 0.4) is 0 Å². The molecule has 0 spiro atoms. The predicted octanol–water partition coefficient (Wildman–Crippen LogP) is 2.54. The van der Waals surface area contributed by atoms with Crippen LogP contribution in [0.2, 0.25) is 5.02 Å². The molecular formula is C12H11ClN2O3. The van der Waals surface area contributed by atoms with Crippen LogP contribution in [0, 0.1) is 6.92 Å². The number of carbonyl (C=O) groups is 1. The molecular weight excluding hydrogens is 256 g/mol. The smallest absolute Gasteiger partial charge is 0.356 e. The van der Waals surface area contributed by atoms with Gasteiger partial charge in [0.25, 0.3) is 0 Å². The van der Waals surface area contributed by atoms with E-state index < -0.39 is 5.97 Å². The number of hydrogen-bond acceptors (Lipinski definition) is 3. The number of aromatic nitrogens is 2. The molecule has 1 aromatic heterocycles. The standard InChI is InChI=1S/C12H11ClN2O3/c1-7-5-9(12(16)17)14-15(7)10-6-8(13)3-4-11(10)18-2/h3-6H,1-2H3,(H,16,17). The third-order valence-corrected chi connectivity index (χ3v) is 2.71. The van der Waals surface area contributed by atoms with Crippen LogP contribution in [0.1, 0.15) is 16.2 Å². The topological polar surface area (TPSA) is 64.4 Å². The molecule has 18 heavy (non-hydrogen) atoms. The molecule has 0 aliphatic rings. The lowest BCUT2D eigenvalue weighted by molar-refractivity contribution is 0.0690. The molecule has 1 aromatic carbocycles. The van der Waals surface area contributed by atoms with E-state index in [9.17, 15) is 4.79 Å². The van der Waals surface area contributed by atoms with Crippen molar-refractivity contribution < 1.29 is 14.6 Å². The van der Waals surface area contributed by atoms with Crippen LogP contribution in [-0.2, 0) is 0 Å². The molecule has 1 N–H and O–H groups in total. The highest BCUT2D eigenvalue weighted by Gasteiger charge is 2.14. The third-order valence-electron chi connectivity index (χ3n) is 2.48. The first kappa shape index (κ1) is 12.4. The van der Waals surface area contributed by atoms with Crippen LogP contribution in [0.5, 0.6) is 5.75 Å². The Bertz CT molecular complexity index is 607. The van der Waals surface area contributed by atoms with Crippen molar-refractivity contribution in [2.45, 2.75) is 6.92 Å². The van der Waals surface area contributed by atoms with E-state index in [4.69, 9.17) is 21.4 Å². The Morgan fingerprint density at radius 1 is 1.44 bits per heavy atom. The van der Waals surface area contributed by atoms with E-state index in [0.717, 1.165) is 0 Å². The maximum Gasteiger partial charge on any atom is 0.356 e. The third kappa shape index (κ3) is 2.17. The first-order valence-electron chi connectivity index (χ1n) is 5.17. The molecule has 0 aliphatic carbocycles. The van der Waals surface area contributed by atoms with E-state index in [0.29, 0.717) is 22.2 Å². The second kappa shape index (κ2) is 4.70. The van der Waals surface area contributed by atoms with Crippen LogP contribution >= 0.6 is 11.6 Å². The van der Waals surface area contributed by atoms with Gasteiger partial charge < -0.3 is 9.84 Å². The summed E-state index contributed by atoms with van der Waals surface area (Å²) < 4.78 is 6.71. The number of benzene rings is 1. The largest absolute Gasteiger partial charge is 0.494 e. The maximum atomic E-state index is 10.9. The van der Waals surface area contributed by atoms with Crippen molar-refractivity contribution in [3.63, 3.8) is 0 Å². The quantitative estimate of drug-likeness (QED) is 0.927. The Hall–Kier alpha value is -2.01. The molecule has 0 radical (unpaired) electrons. The van der Waals surface area contributed by atoms with Gasteiger partial charge in [-0.05, 0) is 31.2 Å². The lowest BCUT2D eigenvalue weighted by Crippen LogP contribution is -2.04. The van der Waals surface area contributed by atoms with Crippen molar-refractivity contribution in [2.75, 3.05) is 7.11 Å². The van der Waals surface area contributed by atoms with Gasteiger partial charge in [-0.15, -0.1) is 0 Å². The van der Waals surface area contributed by atoms with Gasteiger partial charge in [0.15, 0.2) is 5.69 Å². The van der Waals surface area contributed by atoms with Gasteiger partial charge in [0.2, 0.25) is 0 Å². The SMILES string of the molecule is COc1ccc(Cl)cc1-n1nc(C(=O)O)cc1C. The summed E-state index contributed by atoms with van der Waals surface area (Å²) in [6.45, 7) is 1.76. The number of hydrogen-bond donors (Lipinski definition) is 1. The molecule has 0 aliphatic heterocycles. The summed E-state index contributed by atoms with van der Waals surface area (Å²) in [5.41, 5.74) is 1.28. The molecule has 94 valence electrons. The lowest BCUT2D eigenvalue weighted by Gasteiger charge is -2.10. The number of carboxylic acid groups (broad SMARTS) is 1. The van der Waals surface area contributed by atoms with Crippen LogP contribution in [-0.4, -0.2) is 28.0 Å². The number of rotatable bonds is 3.